The zero-order valence-corrected chi connectivity index (χ0v) is 12.8. The normalized spacial score (nSPS) is 18.3. The lowest BCUT2D eigenvalue weighted by atomic mass is 10.1. The molecule has 0 aromatic heterocycles. The molecule has 2 rings (SSSR count). The number of carbonyl (C=O) groups excluding carboxylic acids is 1. The molecule has 1 aromatic carbocycles. The Kier molecular flexibility index (Phi) is 5.76. The number of sulfone groups is 1. The van der Waals surface area contributed by atoms with E-state index < -0.39 is 9.84 Å². The molecule has 1 aliphatic heterocycles. The Labute approximate surface area is 125 Å². The van der Waals surface area contributed by atoms with E-state index in [9.17, 15) is 13.2 Å². The molecule has 0 aliphatic carbocycles. The van der Waals surface area contributed by atoms with Gasteiger partial charge in [0, 0.05) is 26.1 Å². The predicted molar refractivity (Wildman–Crippen MR) is 80.8 cm³/mol. The maximum atomic E-state index is 11.6. The molecule has 0 atom stereocenters. The summed E-state index contributed by atoms with van der Waals surface area (Å²) in [5, 5.41) is 0. The fraction of sp³-hybridized carbons (Fsp3) is 0.533. The lowest BCUT2D eigenvalue weighted by molar-refractivity contribution is -0.144. The Hall–Kier alpha value is -1.40. The smallest absolute Gasteiger partial charge is 0.306 e. The summed E-state index contributed by atoms with van der Waals surface area (Å²) >= 11 is 0. The predicted octanol–water partition coefficient (Wildman–Crippen LogP) is 0.893. The molecule has 1 saturated heterocycles. The minimum absolute atomic E-state index is 0.203. The Bertz CT molecular complexity index is 542. The number of hydrogen-bond acceptors (Lipinski definition) is 5. The Morgan fingerprint density at radius 1 is 1.14 bits per heavy atom. The van der Waals surface area contributed by atoms with E-state index in [0.29, 0.717) is 39.1 Å². The van der Waals surface area contributed by atoms with Gasteiger partial charge in [0.25, 0.3) is 0 Å². The van der Waals surface area contributed by atoms with Crippen LogP contribution in [0.15, 0.2) is 30.3 Å². The third-order valence-corrected chi connectivity index (χ3v) is 5.18. The van der Waals surface area contributed by atoms with Gasteiger partial charge in [0.1, 0.15) is 6.61 Å². The number of rotatable bonds is 6. The number of benzene rings is 1. The fourth-order valence-electron chi connectivity index (χ4n) is 2.23. The van der Waals surface area contributed by atoms with Gasteiger partial charge in [0.15, 0.2) is 9.84 Å². The van der Waals surface area contributed by atoms with Crippen molar-refractivity contribution in [2.45, 2.75) is 12.8 Å². The van der Waals surface area contributed by atoms with Gasteiger partial charge >= 0.3 is 5.97 Å². The summed E-state index contributed by atoms with van der Waals surface area (Å²) in [6.07, 6.45) is 1.06. The Morgan fingerprint density at radius 2 is 1.81 bits per heavy atom. The molecule has 0 N–H and O–H groups in total. The van der Waals surface area contributed by atoms with Gasteiger partial charge in [-0.1, -0.05) is 30.3 Å². The average Bonchev–Trinajstić information content (AvgIpc) is 2.48. The minimum atomic E-state index is -2.85. The van der Waals surface area contributed by atoms with Gasteiger partial charge in [-0.15, -0.1) is 0 Å². The van der Waals surface area contributed by atoms with Crippen molar-refractivity contribution >= 4 is 15.8 Å². The van der Waals surface area contributed by atoms with Crippen LogP contribution in [0, 0.1) is 0 Å². The number of ether oxygens (including phenoxy) is 1. The molecule has 0 amide bonds. The van der Waals surface area contributed by atoms with Gasteiger partial charge < -0.3 is 4.74 Å². The number of hydrogen-bond donors (Lipinski definition) is 0. The molecule has 116 valence electrons. The van der Waals surface area contributed by atoms with Crippen LogP contribution in [-0.4, -0.2) is 57.0 Å². The van der Waals surface area contributed by atoms with Crippen molar-refractivity contribution in [3.8, 4) is 0 Å². The first-order chi connectivity index (χ1) is 10.1. The highest BCUT2D eigenvalue weighted by Crippen LogP contribution is 2.05. The highest BCUT2D eigenvalue weighted by atomic mass is 32.2. The van der Waals surface area contributed by atoms with E-state index in [1.54, 1.807) is 0 Å². The van der Waals surface area contributed by atoms with Crippen LogP contribution in [0.2, 0.25) is 0 Å². The van der Waals surface area contributed by atoms with Gasteiger partial charge in [0.2, 0.25) is 0 Å². The van der Waals surface area contributed by atoms with Crippen molar-refractivity contribution in [1.29, 1.82) is 0 Å². The molecule has 1 heterocycles. The second kappa shape index (κ2) is 7.56. The minimum Gasteiger partial charge on any atom is -0.464 e. The maximum Gasteiger partial charge on any atom is 0.306 e. The van der Waals surface area contributed by atoms with E-state index in [1.807, 2.05) is 35.2 Å². The molecule has 1 aliphatic rings. The van der Waals surface area contributed by atoms with Gasteiger partial charge in [-0.25, -0.2) is 8.42 Å². The quantitative estimate of drug-likeness (QED) is 0.730. The van der Waals surface area contributed by atoms with E-state index in [4.69, 9.17) is 4.74 Å². The highest BCUT2D eigenvalue weighted by Gasteiger charge is 2.21. The largest absolute Gasteiger partial charge is 0.464 e. The summed E-state index contributed by atoms with van der Waals surface area (Å²) in [5.41, 5.74) is 1.12. The van der Waals surface area contributed by atoms with Crippen molar-refractivity contribution in [2.24, 2.45) is 0 Å². The molecule has 0 saturated carbocycles. The summed E-state index contributed by atoms with van der Waals surface area (Å²) < 4.78 is 27.8. The summed E-state index contributed by atoms with van der Waals surface area (Å²) in [5.74, 6) is 0.202. The topological polar surface area (TPSA) is 63.7 Å². The molecule has 0 radical (unpaired) electrons. The van der Waals surface area contributed by atoms with Crippen molar-refractivity contribution in [3.05, 3.63) is 35.9 Å². The molecular weight excluding hydrogens is 290 g/mol. The van der Waals surface area contributed by atoms with Crippen molar-refractivity contribution in [2.75, 3.05) is 37.7 Å². The lowest BCUT2D eigenvalue weighted by Crippen LogP contribution is -2.41. The molecule has 0 bridgehead atoms. The SMILES string of the molecule is O=C(CCc1ccccc1)OCCN1CCS(=O)(=O)CC1. The first kappa shape index (κ1) is 16.0. The van der Waals surface area contributed by atoms with Crippen LogP contribution < -0.4 is 0 Å². The standard InChI is InChI=1S/C15H21NO4S/c17-15(7-6-14-4-2-1-3-5-14)20-11-8-16-9-12-21(18,19)13-10-16/h1-5H,6-13H2. The second-order valence-corrected chi connectivity index (χ2v) is 7.50. The van der Waals surface area contributed by atoms with Crippen LogP contribution >= 0.6 is 0 Å². The lowest BCUT2D eigenvalue weighted by Gasteiger charge is -2.26. The van der Waals surface area contributed by atoms with Crippen LogP contribution in [0.4, 0.5) is 0 Å². The molecule has 6 heteroatoms. The highest BCUT2D eigenvalue weighted by molar-refractivity contribution is 7.91. The first-order valence-electron chi connectivity index (χ1n) is 7.17. The molecule has 0 unspecified atom stereocenters. The fourth-order valence-corrected chi connectivity index (χ4v) is 3.50. The van der Waals surface area contributed by atoms with Gasteiger partial charge in [-0.05, 0) is 12.0 Å². The van der Waals surface area contributed by atoms with E-state index in [0.717, 1.165) is 5.56 Å². The number of esters is 1. The van der Waals surface area contributed by atoms with Gasteiger partial charge in [-0.3, -0.25) is 9.69 Å². The Morgan fingerprint density at radius 3 is 2.48 bits per heavy atom. The molecular formula is C15H21NO4S. The van der Waals surface area contributed by atoms with Crippen molar-refractivity contribution < 1.29 is 17.9 Å². The third-order valence-electron chi connectivity index (χ3n) is 3.57. The van der Waals surface area contributed by atoms with E-state index in [2.05, 4.69) is 0 Å². The number of carbonyl (C=O) groups is 1. The molecule has 1 aromatic rings. The van der Waals surface area contributed by atoms with Crippen LogP contribution in [-0.2, 0) is 25.8 Å². The molecule has 5 nitrogen and oxygen atoms in total. The average molecular weight is 311 g/mol. The van der Waals surface area contributed by atoms with Crippen LogP contribution in [0.5, 0.6) is 0 Å². The van der Waals surface area contributed by atoms with Crippen LogP contribution in [0.1, 0.15) is 12.0 Å². The van der Waals surface area contributed by atoms with Crippen molar-refractivity contribution in [3.63, 3.8) is 0 Å². The van der Waals surface area contributed by atoms with E-state index >= 15 is 0 Å². The first-order valence-corrected chi connectivity index (χ1v) is 9.00. The summed E-state index contributed by atoms with van der Waals surface area (Å²) in [6.45, 7) is 1.99. The summed E-state index contributed by atoms with van der Waals surface area (Å²) in [4.78, 5) is 13.6. The number of nitrogens with zero attached hydrogens (tertiary/aromatic N) is 1. The van der Waals surface area contributed by atoms with Gasteiger partial charge in [0.05, 0.1) is 11.5 Å². The zero-order valence-electron chi connectivity index (χ0n) is 12.0. The summed E-state index contributed by atoms with van der Waals surface area (Å²) in [7, 11) is -2.85. The van der Waals surface area contributed by atoms with Crippen LogP contribution in [0.25, 0.3) is 0 Å². The van der Waals surface area contributed by atoms with Crippen LogP contribution in [0.3, 0.4) is 0 Å². The maximum absolute atomic E-state index is 11.6. The monoisotopic (exact) mass is 311 g/mol. The van der Waals surface area contributed by atoms with E-state index in [-0.39, 0.29) is 17.5 Å². The number of aryl methyl sites for hydroxylation is 1. The second-order valence-electron chi connectivity index (χ2n) is 5.20. The van der Waals surface area contributed by atoms with Crippen molar-refractivity contribution in [1.82, 2.24) is 4.90 Å². The molecule has 21 heavy (non-hydrogen) atoms. The third kappa shape index (κ3) is 5.85. The summed E-state index contributed by atoms with van der Waals surface area (Å²) in [6, 6.07) is 9.82. The van der Waals surface area contributed by atoms with Gasteiger partial charge in [-0.2, -0.15) is 0 Å². The molecule has 0 spiro atoms. The van der Waals surface area contributed by atoms with E-state index in [1.165, 1.54) is 0 Å². The Balaban J connectivity index is 1.59. The molecule has 1 fully saturated rings. The zero-order chi connectivity index (χ0) is 15.1.